The minimum atomic E-state index is -4.06. The Bertz CT molecular complexity index is 161. The number of thioether (sulfide) groups is 1. The highest BCUT2D eigenvalue weighted by atomic mass is 32.2. The van der Waals surface area contributed by atoms with Crippen molar-refractivity contribution in [1.82, 2.24) is 0 Å². The van der Waals surface area contributed by atoms with Gasteiger partial charge in [-0.1, -0.05) is 19.9 Å². The molecule has 0 fully saturated rings. The number of hydrogen-bond acceptors (Lipinski definition) is 1. The van der Waals surface area contributed by atoms with Crippen LogP contribution in [0.4, 0.5) is 13.2 Å². The van der Waals surface area contributed by atoms with Crippen molar-refractivity contribution in [3.8, 4) is 0 Å². The van der Waals surface area contributed by atoms with Gasteiger partial charge < -0.3 is 0 Å². The molecule has 0 saturated heterocycles. The molecule has 0 aromatic heterocycles. The molecule has 0 spiro atoms. The molecular formula is C9H15F3S. The highest BCUT2D eigenvalue weighted by Gasteiger charge is 2.31. The van der Waals surface area contributed by atoms with Crippen LogP contribution in [0.15, 0.2) is 11.5 Å². The summed E-state index contributed by atoms with van der Waals surface area (Å²) in [5, 5.41) is 1.72. The van der Waals surface area contributed by atoms with E-state index in [1.807, 2.05) is 6.26 Å². The van der Waals surface area contributed by atoms with Gasteiger partial charge in [0, 0.05) is 6.42 Å². The Morgan fingerprint density at radius 2 is 1.85 bits per heavy atom. The summed E-state index contributed by atoms with van der Waals surface area (Å²) >= 11 is 1.43. The third-order valence-corrected chi connectivity index (χ3v) is 2.21. The summed E-state index contributed by atoms with van der Waals surface area (Å²) < 4.78 is 36.2. The Kier molecular flexibility index (Phi) is 5.53. The molecule has 0 nitrogen and oxygen atoms in total. The molecule has 0 amide bonds. The van der Waals surface area contributed by atoms with Crippen molar-refractivity contribution in [3.05, 3.63) is 11.5 Å². The maximum atomic E-state index is 12.1. The molecule has 0 aromatic carbocycles. The van der Waals surface area contributed by atoms with Crippen molar-refractivity contribution < 1.29 is 13.2 Å². The van der Waals surface area contributed by atoms with Crippen LogP contribution in [0.25, 0.3) is 0 Å². The van der Waals surface area contributed by atoms with Gasteiger partial charge >= 0.3 is 6.18 Å². The predicted molar refractivity (Wildman–Crippen MR) is 51.7 cm³/mol. The SMILES string of the molecule is CS/C=C/C(CC(F)(F)F)C(C)C. The Morgan fingerprint density at radius 3 is 2.15 bits per heavy atom. The van der Waals surface area contributed by atoms with E-state index >= 15 is 0 Å². The van der Waals surface area contributed by atoms with Crippen molar-refractivity contribution >= 4 is 11.8 Å². The Balaban J connectivity index is 4.19. The molecule has 78 valence electrons. The molecule has 0 rings (SSSR count). The van der Waals surface area contributed by atoms with E-state index in [-0.39, 0.29) is 5.92 Å². The number of alkyl halides is 3. The van der Waals surface area contributed by atoms with Crippen LogP contribution in [0.5, 0.6) is 0 Å². The van der Waals surface area contributed by atoms with Crippen molar-refractivity contribution in [3.63, 3.8) is 0 Å². The topological polar surface area (TPSA) is 0 Å². The van der Waals surface area contributed by atoms with E-state index in [4.69, 9.17) is 0 Å². The highest BCUT2D eigenvalue weighted by molar-refractivity contribution is 8.01. The molecule has 0 N–H and O–H groups in total. The summed E-state index contributed by atoms with van der Waals surface area (Å²) in [6.07, 6.45) is -1.30. The Morgan fingerprint density at radius 1 is 1.31 bits per heavy atom. The summed E-state index contributed by atoms with van der Waals surface area (Å²) in [5.41, 5.74) is 0. The number of hydrogen-bond donors (Lipinski definition) is 0. The standard InChI is InChI=1S/C9H15F3S/c1-7(2)8(4-5-13-3)6-9(10,11)12/h4-5,7-8H,6H2,1-3H3/b5-4+. The fraction of sp³-hybridized carbons (Fsp3) is 0.778. The number of allylic oxidation sites excluding steroid dienone is 1. The average molecular weight is 212 g/mol. The molecule has 1 unspecified atom stereocenters. The zero-order valence-corrected chi connectivity index (χ0v) is 8.88. The van der Waals surface area contributed by atoms with Crippen LogP contribution < -0.4 is 0 Å². The maximum absolute atomic E-state index is 12.1. The lowest BCUT2D eigenvalue weighted by atomic mass is 9.92. The highest BCUT2D eigenvalue weighted by Crippen LogP contribution is 2.30. The molecule has 0 heterocycles. The first-order valence-electron chi connectivity index (χ1n) is 4.13. The molecule has 0 radical (unpaired) electrons. The molecule has 1 atom stereocenters. The summed E-state index contributed by atoms with van der Waals surface area (Å²) in [7, 11) is 0. The molecule has 13 heavy (non-hydrogen) atoms. The van der Waals surface area contributed by atoms with E-state index in [2.05, 4.69) is 0 Å². The smallest absolute Gasteiger partial charge is 0.171 e. The van der Waals surface area contributed by atoms with E-state index in [0.717, 1.165) is 0 Å². The first kappa shape index (κ1) is 12.9. The Hall–Kier alpha value is -0.120. The third-order valence-electron chi connectivity index (χ3n) is 1.79. The first-order chi connectivity index (χ1) is 5.87. The molecule has 0 aliphatic carbocycles. The van der Waals surface area contributed by atoms with Gasteiger partial charge in [0.25, 0.3) is 0 Å². The molecule has 4 heteroatoms. The van der Waals surface area contributed by atoms with E-state index in [9.17, 15) is 13.2 Å². The number of rotatable bonds is 4. The van der Waals surface area contributed by atoms with E-state index < -0.39 is 18.5 Å². The average Bonchev–Trinajstić information content (AvgIpc) is 1.95. The van der Waals surface area contributed by atoms with Gasteiger partial charge in [-0.3, -0.25) is 0 Å². The molecule has 0 saturated carbocycles. The summed E-state index contributed by atoms with van der Waals surface area (Å²) in [4.78, 5) is 0. The summed E-state index contributed by atoms with van der Waals surface area (Å²) in [5.74, 6) is -0.363. The molecule has 0 aromatic rings. The van der Waals surface area contributed by atoms with Gasteiger partial charge in [-0.15, -0.1) is 11.8 Å². The second-order valence-electron chi connectivity index (χ2n) is 3.29. The normalized spacial score (nSPS) is 15.6. The first-order valence-corrected chi connectivity index (χ1v) is 5.42. The van der Waals surface area contributed by atoms with E-state index in [1.54, 1.807) is 25.3 Å². The van der Waals surface area contributed by atoms with Crippen LogP contribution >= 0.6 is 11.8 Å². The minimum absolute atomic E-state index is 0.0324. The lowest BCUT2D eigenvalue weighted by Crippen LogP contribution is -2.17. The fourth-order valence-electron chi connectivity index (χ4n) is 0.973. The van der Waals surface area contributed by atoms with E-state index in [0.29, 0.717) is 0 Å². The minimum Gasteiger partial charge on any atom is -0.171 e. The van der Waals surface area contributed by atoms with Gasteiger partial charge in [0.1, 0.15) is 0 Å². The van der Waals surface area contributed by atoms with Gasteiger partial charge in [0.2, 0.25) is 0 Å². The van der Waals surface area contributed by atoms with Gasteiger partial charge in [0.15, 0.2) is 0 Å². The number of halogens is 3. The maximum Gasteiger partial charge on any atom is 0.389 e. The quantitative estimate of drug-likeness (QED) is 0.676. The van der Waals surface area contributed by atoms with Crippen molar-refractivity contribution in [2.45, 2.75) is 26.4 Å². The van der Waals surface area contributed by atoms with Crippen LogP contribution in [0, 0.1) is 11.8 Å². The van der Waals surface area contributed by atoms with Crippen molar-refractivity contribution in [2.24, 2.45) is 11.8 Å². The second-order valence-corrected chi connectivity index (χ2v) is 4.03. The van der Waals surface area contributed by atoms with Crippen LogP contribution in [-0.4, -0.2) is 12.4 Å². The van der Waals surface area contributed by atoms with E-state index in [1.165, 1.54) is 11.8 Å². The second kappa shape index (κ2) is 5.58. The zero-order chi connectivity index (χ0) is 10.5. The molecule has 0 aliphatic rings. The summed E-state index contributed by atoms with van der Waals surface area (Å²) in [6, 6.07) is 0. The van der Waals surface area contributed by atoms with Gasteiger partial charge in [-0.2, -0.15) is 13.2 Å². The van der Waals surface area contributed by atoms with Crippen LogP contribution in [0.3, 0.4) is 0 Å². The summed E-state index contributed by atoms with van der Waals surface area (Å²) in [6.45, 7) is 3.61. The lowest BCUT2D eigenvalue weighted by Gasteiger charge is -2.18. The van der Waals surface area contributed by atoms with Gasteiger partial charge in [0.05, 0.1) is 0 Å². The monoisotopic (exact) mass is 212 g/mol. The fourth-order valence-corrected chi connectivity index (χ4v) is 1.33. The molecule has 0 aliphatic heterocycles. The van der Waals surface area contributed by atoms with Crippen LogP contribution in [0.2, 0.25) is 0 Å². The third kappa shape index (κ3) is 6.99. The molecule has 0 bridgehead atoms. The van der Waals surface area contributed by atoms with Crippen LogP contribution in [0.1, 0.15) is 20.3 Å². The largest absolute Gasteiger partial charge is 0.389 e. The van der Waals surface area contributed by atoms with Crippen LogP contribution in [-0.2, 0) is 0 Å². The lowest BCUT2D eigenvalue weighted by molar-refractivity contribution is -0.143. The molecular weight excluding hydrogens is 197 g/mol. The van der Waals surface area contributed by atoms with Crippen molar-refractivity contribution in [2.75, 3.05) is 6.26 Å². The van der Waals surface area contributed by atoms with Gasteiger partial charge in [-0.25, -0.2) is 0 Å². The Labute approximate surface area is 81.6 Å². The van der Waals surface area contributed by atoms with Gasteiger partial charge in [-0.05, 0) is 23.5 Å². The van der Waals surface area contributed by atoms with Crippen molar-refractivity contribution in [1.29, 1.82) is 0 Å². The zero-order valence-electron chi connectivity index (χ0n) is 8.06. The predicted octanol–water partition coefficient (Wildman–Crippen LogP) is 4.09.